The van der Waals surface area contributed by atoms with E-state index in [4.69, 9.17) is 9.47 Å². The molecular formula is C25H23F3N4O6. The Morgan fingerprint density at radius 2 is 1.68 bits per heavy atom. The molecule has 4 rings (SSSR count). The van der Waals surface area contributed by atoms with E-state index in [1.807, 2.05) is 10.3 Å². The van der Waals surface area contributed by atoms with E-state index >= 15 is 0 Å². The molecule has 1 aromatic heterocycles. The van der Waals surface area contributed by atoms with Crippen molar-refractivity contribution in [3.63, 3.8) is 0 Å². The summed E-state index contributed by atoms with van der Waals surface area (Å²) in [6, 6.07) is 10.5. The summed E-state index contributed by atoms with van der Waals surface area (Å²) < 4.78 is 54.9. The molecule has 0 aliphatic carbocycles. The van der Waals surface area contributed by atoms with Crippen molar-refractivity contribution in [2.75, 3.05) is 19.5 Å². The van der Waals surface area contributed by atoms with E-state index in [1.165, 1.54) is 38.5 Å². The van der Waals surface area contributed by atoms with Gasteiger partial charge in [-0.05, 0) is 43.2 Å². The number of ether oxygens (including phenoxy) is 2. The molecule has 10 nitrogen and oxygen atoms in total. The number of hydrogen-bond donors (Lipinski definition) is 3. The minimum atomic E-state index is -5.43. The number of amides is 2. The number of fused-ring (bicyclic) bond motifs is 1. The fraction of sp³-hybridized carbons (Fsp3) is 0.280. The normalized spacial score (nSPS) is 16.5. The summed E-state index contributed by atoms with van der Waals surface area (Å²) in [5.41, 5.74) is -6.10. The SMILES string of the molecule is COc1ccc(CCn2c3c(c(=O)[nH]c2=O)[C@@](NC(=O)c2ccc(C)cc2)(C(F)(F)F)C(=O)N3)cc1OC. The molecule has 200 valence electrons. The molecule has 38 heavy (non-hydrogen) atoms. The number of aromatic amines is 1. The molecule has 0 radical (unpaired) electrons. The molecule has 2 amide bonds. The number of aromatic nitrogens is 2. The number of methoxy groups -OCH3 is 2. The monoisotopic (exact) mass is 532 g/mol. The first kappa shape index (κ1) is 26.5. The van der Waals surface area contributed by atoms with E-state index in [9.17, 15) is 32.3 Å². The van der Waals surface area contributed by atoms with E-state index in [2.05, 4.69) is 0 Å². The number of halogens is 3. The zero-order valence-electron chi connectivity index (χ0n) is 20.5. The van der Waals surface area contributed by atoms with Gasteiger partial charge >= 0.3 is 11.9 Å². The predicted octanol–water partition coefficient (Wildman–Crippen LogP) is 2.24. The van der Waals surface area contributed by atoms with Crippen LogP contribution in [0.1, 0.15) is 27.0 Å². The number of anilines is 1. The second kappa shape index (κ2) is 9.72. The van der Waals surface area contributed by atoms with Crippen molar-refractivity contribution < 1.29 is 32.2 Å². The fourth-order valence-corrected chi connectivity index (χ4v) is 4.26. The summed E-state index contributed by atoms with van der Waals surface area (Å²) in [6.07, 6.45) is -5.31. The van der Waals surface area contributed by atoms with E-state index in [0.29, 0.717) is 17.1 Å². The first-order chi connectivity index (χ1) is 17.9. The van der Waals surface area contributed by atoms with Crippen LogP contribution in [0, 0.1) is 6.92 Å². The topological polar surface area (TPSA) is 132 Å². The van der Waals surface area contributed by atoms with Crippen molar-refractivity contribution in [2.24, 2.45) is 0 Å². The van der Waals surface area contributed by atoms with Crippen molar-refractivity contribution in [3.8, 4) is 11.5 Å². The summed E-state index contributed by atoms with van der Waals surface area (Å²) in [6.45, 7) is 1.51. The molecule has 2 heterocycles. The molecule has 3 N–H and O–H groups in total. The molecule has 0 bridgehead atoms. The Balaban J connectivity index is 1.78. The first-order valence-electron chi connectivity index (χ1n) is 11.3. The summed E-state index contributed by atoms with van der Waals surface area (Å²) in [4.78, 5) is 53.0. The van der Waals surface area contributed by atoms with Crippen LogP contribution in [0.3, 0.4) is 0 Å². The molecule has 0 fully saturated rings. The lowest BCUT2D eigenvalue weighted by molar-refractivity contribution is -0.196. The molecule has 3 aromatic rings. The van der Waals surface area contributed by atoms with Gasteiger partial charge in [-0.15, -0.1) is 0 Å². The summed E-state index contributed by atoms with van der Waals surface area (Å²) in [5.74, 6) is -2.74. The number of nitrogens with one attached hydrogen (secondary N) is 3. The third-order valence-electron chi connectivity index (χ3n) is 6.26. The van der Waals surface area contributed by atoms with Crippen LogP contribution in [0.2, 0.25) is 0 Å². The molecule has 1 atom stereocenters. The van der Waals surface area contributed by atoms with Gasteiger partial charge in [0.2, 0.25) is 0 Å². The van der Waals surface area contributed by atoms with Crippen LogP contribution in [0.5, 0.6) is 11.5 Å². The van der Waals surface area contributed by atoms with Crippen LogP contribution >= 0.6 is 0 Å². The molecule has 0 spiro atoms. The highest BCUT2D eigenvalue weighted by molar-refractivity contribution is 6.09. The van der Waals surface area contributed by atoms with Gasteiger partial charge in [0, 0.05) is 12.1 Å². The first-order valence-corrected chi connectivity index (χ1v) is 11.3. The van der Waals surface area contributed by atoms with E-state index < -0.39 is 46.2 Å². The molecule has 13 heteroatoms. The fourth-order valence-electron chi connectivity index (χ4n) is 4.26. The highest BCUT2D eigenvalue weighted by atomic mass is 19.4. The van der Waals surface area contributed by atoms with Crippen LogP contribution in [-0.4, -0.2) is 41.8 Å². The van der Waals surface area contributed by atoms with Crippen molar-refractivity contribution in [1.82, 2.24) is 14.9 Å². The highest BCUT2D eigenvalue weighted by Gasteiger charge is 2.68. The Hall–Kier alpha value is -4.55. The lowest BCUT2D eigenvalue weighted by atomic mass is 9.91. The zero-order valence-corrected chi connectivity index (χ0v) is 20.5. The number of carbonyl (C=O) groups excluding carboxylic acids is 2. The Morgan fingerprint density at radius 3 is 2.29 bits per heavy atom. The molecule has 1 aliphatic rings. The van der Waals surface area contributed by atoms with Gasteiger partial charge < -0.3 is 20.1 Å². The average molecular weight is 532 g/mol. The third-order valence-corrected chi connectivity index (χ3v) is 6.26. The van der Waals surface area contributed by atoms with Crippen molar-refractivity contribution in [3.05, 3.63) is 85.6 Å². The van der Waals surface area contributed by atoms with Gasteiger partial charge in [-0.3, -0.25) is 23.9 Å². The van der Waals surface area contributed by atoms with Crippen molar-refractivity contribution in [2.45, 2.75) is 31.6 Å². The second-order valence-electron chi connectivity index (χ2n) is 8.60. The second-order valence-corrected chi connectivity index (χ2v) is 8.60. The zero-order chi connectivity index (χ0) is 27.8. The Morgan fingerprint density at radius 1 is 1.03 bits per heavy atom. The summed E-state index contributed by atoms with van der Waals surface area (Å²) in [5, 5.41) is 3.73. The van der Waals surface area contributed by atoms with Gasteiger partial charge in [-0.2, -0.15) is 13.2 Å². The Kier molecular flexibility index (Phi) is 6.78. The Bertz CT molecular complexity index is 1530. The maximum Gasteiger partial charge on any atom is 0.425 e. The molecule has 2 aromatic carbocycles. The number of aryl methyl sites for hydroxylation is 2. The van der Waals surface area contributed by atoms with Gasteiger partial charge in [0.25, 0.3) is 22.9 Å². The van der Waals surface area contributed by atoms with E-state index in [1.54, 1.807) is 30.4 Å². The van der Waals surface area contributed by atoms with Crippen molar-refractivity contribution >= 4 is 17.6 Å². The van der Waals surface area contributed by atoms with Crippen LogP contribution in [-0.2, 0) is 23.3 Å². The highest BCUT2D eigenvalue weighted by Crippen LogP contribution is 2.45. The number of hydrogen-bond acceptors (Lipinski definition) is 6. The van der Waals surface area contributed by atoms with Gasteiger partial charge in [-0.1, -0.05) is 23.8 Å². The maximum absolute atomic E-state index is 14.6. The summed E-state index contributed by atoms with van der Waals surface area (Å²) in [7, 11) is 2.88. The standard InChI is InChI=1S/C25H23F3N4O6/c1-13-4-7-15(8-5-13)20(33)31-24(25(26,27)28)18-19(29-22(24)35)32(23(36)30-21(18)34)11-10-14-6-9-16(37-2)17(12-14)38-3/h4-9,12H,10-11H2,1-3H3,(H,29,35)(H,31,33)(H,30,34,36)/t24-/m0/s1. The predicted molar refractivity (Wildman–Crippen MR) is 130 cm³/mol. The van der Waals surface area contributed by atoms with Gasteiger partial charge in [0.15, 0.2) is 11.5 Å². The molecule has 1 aliphatic heterocycles. The van der Waals surface area contributed by atoms with E-state index in [0.717, 1.165) is 10.1 Å². The van der Waals surface area contributed by atoms with Gasteiger partial charge in [0.1, 0.15) is 11.4 Å². The average Bonchev–Trinajstić information content (AvgIpc) is 3.17. The number of nitrogens with zero attached hydrogens (tertiary/aromatic N) is 1. The number of carbonyl (C=O) groups is 2. The molecular weight excluding hydrogens is 509 g/mol. The minimum Gasteiger partial charge on any atom is -0.493 e. The molecule has 0 unspecified atom stereocenters. The third kappa shape index (κ3) is 4.40. The quantitative estimate of drug-likeness (QED) is 0.428. The van der Waals surface area contributed by atoms with Gasteiger partial charge in [0.05, 0.1) is 14.2 Å². The number of H-pyrrole nitrogens is 1. The smallest absolute Gasteiger partial charge is 0.425 e. The van der Waals surface area contributed by atoms with Crippen LogP contribution in [0.15, 0.2) is 52.1 Å². The lowest BCUT2D eigenvalue weighted by Gasteiger charge is -2.30. The van der Waals surface area contributed by atoms with Gasteiger partial charge in [-0.25, -0.2) is 4.79 Å². The maximum atomic E-state index is 14.6. The number of rotatable bonds is 7. The Labute approximate surface area is 213 Å². The van der Waals surface area contributed by atoms with Crippen LogP contribution < -0.4 is 31.4 Å². The largest absolute Gasteiger partial charge is 0.493 e. The minimum absolute atomic E-state index is 0.114. The lowest BCUT2D eigenvalue weighted by Crippen LogP contribution is -2.62. The van der Waals surface area contributed by atoms with E-state index in [-0.39, 0.29) is 18.5 Å². The number of benzene rings is 2. The molecule has 0 saturated carbocycles. The van der Waals surface area contributed by atoms with Crippen molar-refractivity contribution in [1.29, 1.82) is 0 Å². The van der Waals surface area contributed by atoms with Crippen LogP contribution in [0.4, 0.5) is 19.0 Å². The number of alkyl halides is 3. The van der Waals surface area contributed by atoms with Crippen LogP contribution in [0.25, 0.3) is 0 Å². The molecule has 0 saturated heterocycles. The summed E-state index contributed by atoms with van der Waals surface area (Å²) >= 11 is 0.